The maximum atomic E-state index is 11.6. The molecule has 0 aliphatic carbocycles. The molecule has 6 nitrogen and oxygen atoms in total. The number of ether oxygens (including phenoxy) is 1. The van der Waals surface area contributed by atoms with Gasteiger partial charge in [-0.05, 0) is 12.8 Å². The highest BCUT2D eigenvalue weighted by molar-refractivity contribution is 5.80. The first-order valence-electron chi connectivity index (χ1n) is 5.38. The molecule has 1 unspecified atom stereocenters. The summed E-state index contributed by atoms with van der Waals surface area (Å²) in [6, 6.07) is -0.295. The number of methoxy groups -OCH3 is 1. The van der Waals surface area contributed by atoms with Gasteiger partial charge in [-0.3, -0.25) is 4.79 Å². The van der Waals surface area contributed by atoms with Crippen LogP contribution in [0.1, 0.15) is 23.3 Å². The number of rotatable bonds is 3. The molecule has 1 fully saturated rings. The van der Waals surface area contributed by atoms with Gasteiger partial charge in [-0.2, -0.15) is 0 Å². The standard InChI is InChI=1S/C11H13N3O3/c1-17-11(16)9-3-2-4-14(9)10-6-12-8(7-15)5-13-10/h5-7,9H,2-4H2,1H3. The molecular weight excluding hydrogens is 222 g/mol. The van der Waals surface area contributed by atoms with E-state index in [4.69, 9.17) is 4.74 Å². The zero-order chi connectivity index (χ0) is 12.3. The van der Waals surface area contributed by atoms with Crippen LogP contribution >= 0.6 is 0 Å². The van der Waals surface area contributed by atoms with Crippen molar-refractivity contribution in [3.63, 3.8) is 0 Å². The maximum absolute atomic E-state index is 11.6. The molecule has 2 heterocycles. The average molecular weight is 235 g/mol. The minimum Gasteiger partial charge on any atom is -0.467 e. The number of esters is 1. The summed E-state index contributed by atoms with van der Waals surface area (Å²) in [5, 5.41) is 0. The van der Waals surface area contributed by atoms with E-state index in [0.717, 1.165) is 19.4 Å². The van der Waals surface area contributed by atoms with Crippen LogP contribution in [0.25, 0.3) is 0 Å². The molecule has 0 aromatic carbocycles. The SMILES string of the molecule is COC(=O)C1CCCN1c1cnc(C=O)cn1. The molecule has 1 saturated heterocycles. The van der Waals surface area contributed by atoms with Gasteiger partial charge in [-0.25, -0.2) is 14.8 Å². The molecular formula is C11H13N3O3. The Kier molecular flexibility index (Phi) is 3.32. The van der Waals surface area contributed by atoms with Crippen LogP contribution < -0.4 is 4.90 Å². The smallest absolute Gasteiger partial charge is 0.328 e. The zero-order valence-corrected chi connectivity index (χ0v) is 9.50. The van der Waals surface area contributed by atoms with Gasteiger partial charge in [0.25, 0.3) is 0 Å². The Hall–Kier alpha value is -1.98. The molecule has 6 heteroatoms. The highest BCUT2D eigenvalue weighted by Crippen LogP contribution is 2.23. The van der Waals surface area contributed by atoms with E-state index in [0.29, 0.717) is 12.1 Å². The van der Waals surface area contributed by atoms with E-state index in [2.05, 4.69) is 9.97 Å². The van der Waals surface area contributed by atoms with Gasteiger partial charge >= 0.3 is 5.97 Å². The van der Waals surface area contributed by atoms with Gasteiger partial charge in [-0.1, -0.05) is 0 Å². The molecule has 0 amide bonds. The van der Waals surface area contributed by atoms with Crippen molar-refractivity contribution in [3.05, 3.63) is 18.1 Å². The van der Waals surface area contributed by atoms with E-state index in [1.807, 2.05) is 4.90 Å². The molecule has 1 aromatic heterocycles. The molecule has 0 N–H and O–H groups in total. The number of hydrogen-bond acceptors (Lipinski definition) is 6. The lowest BCUT2D eigenvalue weighted by Gasteiger charge is -2.22. The number of aldehydes is 1. The molecule has 17 heavy (non-hydrogen) atoms. The summed E-state index contributed by atoms with van der Waals surface area (Å²) in [5.41, 5.74) is 0.280. The Bertz CT molecular complexity index is 418. The summed E-state index contributed by atoms with van der Waals surface area (Å²) < 4.78 is 4.75. The molecule has 90 valence electrons. The summed E-state index contributed by atoms with van der Waals surface area (Å²) in [6.07, 6.45) is 5.21. The Balaban J connectivity index is 2.19. The Morgan fingerprint density at radius 2 is 2.35 bits per heavy atom. The van der Waals surface area contributed by atoms with Crippen molar-refractivity contribution < 1.29 is 14.3 Å². The fourth-order valence-corrected chi connectivity index (χ4v) is 1.96. The Morgan fingerprint density at radius 3 is 2.94 bits per heavy atom. The van der Waals surface area contributed by atoms with Gasteiger partial charge < -0.3 is 9.64 Å². The number of carbonyl (C=O) groups is 2. The van der Waals surface area contributed by atoms with Gasteiger partial charge in [-0.15, -0.1) is 0 Å². The van der Waals surface area contributed by atoms with Gasteiger partial charge in [0, 0.05) is 6.54 Å². The zero-order valence-electron chi connectivity index (χ0n) is 9.50. The van der Waals surface area contributed by atoms with E-state index in [1.165, 1.54) is 19.5 Å². The molecule has 0 saturated carbocycles. The largest absolute Gasteiger partial charge is 0.467 e. The van der Waals surface area contributed by atoms with Crippen molar-refractivity contribution in [2.75, 3.05) is 18.6 Å². The third-order valence-electron chi connectivity index (χ3n) is 2.80. The van der Waals surface area contributed by atoms with Crippen LogP contribution in [0.4, 0.5) is 5.82 Å². The average Bonchev–Trinajstić information content (AvgIpc) is 2.87. The van der Waals surface area contributed by atoms with E-state index in [-0.39, 0.29) is 17.7 Å². The minimum absolute atomic E-state index is 0.260. The van der Waals surface area contributed by atoms with Crippen LogP contribution in [-0.2, 0) is 9.53 Å². The monoisotopic (exact) mass is 235 g/mol. The third kappa shape index (κ3) is 2.25. The van der Waals surface area contributed by atoms with Crippen LogP contribution in [0.3, 0.4) is 0 Å². The summed E-state index contributed by atoms with van der Waals surface area (Å²) in [6.45, 7) is 0.745. The summed E-state index contributed by atoms with van der Waals surface area (Å²) in [4.78, 5) is 31.9. The van der Waals surface area contributed by atoms with Crippen molar-refractivity contribution >= 4 is 18.1 Å². The number of anilines is 1. The lowest BCUT2D eigenvalue weighted by Crippen LogP contribution is -2.37. The first kappa shape index (κ1) is 11.5. The van der Waals surface area contributed by atoms with Gasteiger partial charge in [0.15, 0.2) is 6.29 Å². The second-order valence-corrected chi connectivity index (χ2v) is 3.79. The van der Waals surface area contributed by atoms with Gasteiger partial charge in [0.1, 0.15) is 17.6 Å². The molecule has 1 atom stereocenters. The van der Waals surface area contributed by atoms with Crippen molar-refractivity contribution in [1.82, 2.24) is 9.97 Å². The van der Waals surface area contributed by atoms with E-state index >= 15 is 0 Å². The highest BCUT2D eigenvalue weighted by Gasteiger charge is 2.32. The van der Waals surface area contributed by atoms with Crippen molar-refractivity contribution in [1.29, 1.82) is 0 Å². The van der Waals surface area contributed by atoms with Crippen molar-refractivity contribution in [2.24, 2.45) is 0 Å². The van der Waals surface area contributed by atoms with Gasteiger partial charge in [0.2, 0.25) is 0 Å². The van der Waals surface area contributed by atoms with Crippen LogP contribution in [0.15, 0.2) is 12.4 Å². The summed E-state index contributed by atoms with van der Waals surface area (Å²) in [5.74, 6) is 0.340. The normalized spacial score (nSPS) is 19.1. The maximum Gasteiger partial charge on any atom is 0.328 e. The lowest BCUT2D eigenvalue weighted by atomic mass is 10.2. The fraction of sp³-hybridized carbons (Fsp3) is 0.455. The van der Waals surface area contributed by atoms with E-state index in [9.17, 15) is 9.59 Å². The quantitative estimate of drug-likeness (QED) is 0.559. The van der Waals surface area contributed by atoms with E-state index in [1.54, 1.807) is 0 Å². The van der Waals surface area contributed by atoms with Crippen LogP contribution in [0.2, 0.25) is 0 Å². The topological polar surface area (TPSA) is 72.4 Å². The first-order chi connectivity index (χ1) is 8.26. The molecule has 0 radical (unpaired) electrons. The van der Waals surface area contributed by atoms with Crippen LogP contribution in [0, 0.1) is 0 Å². The summed E-state index contributed by atoms with van der Waals surface area (Å²) >= 11 is 0. The minimum atomic E-state index is -0.295. The molecule has 1 aliphatic heterocycles. The van der Waals surface area contributed by atoms with Crippen LogP contribution in [-0.4, -0.2) is 41.9 Å². The Labute approximate surface area is 98.6 Å². The molecule has 1 aromatic rings. The molecule has 0 spiro atoms. The van der Waals surface area contributed by atoms with E-state index < -0.39 is 0 Å². The third-order valence-corrected chi connectivity index (χ3v) is 2.80. The molecule has 0 bridgehead atoms. The Morgan fingerprint density at radius 1 is 1.53 bits per heavy atom. The molecule has 2 rings (SSSR count). The van der Waals surface area contributed by atoms with Crippen LogP contribution in [0.5, 0.6) is 0 Å². The number of nitrogens with zero attached hydrogens (tertiary/aromatic N) is 3. The highest BCUT2D eigenvalue weighted by atomic mass is 16.5. The number of aromatic nitrogens is 2. The summed E-state index contributed by atoms with van der Waals surface area (Å²) in [7, 11) is 1.38. The number of hydrogen-bond donors (Lipinski definition) is 0. The second kappa shape index (κ2) is 4.90. The van der Waals surface area contributed by atoms with Crippen molar-refractivity contribution in [2.45, 2.75) is 18.9 Å². The van der Waals surface area contributed by atoms with Crippen molar-refractivity contribution in [3.8, 4) is 0 Å². The first-order valence-corrected chi connectivity index (χ1v) is 5.38. The predicted octanol–water partition coefficient (Wildman–Crippen LogP) is 0.431. The molecule has 1 aliphatic rings. The lowest BCUT2D eigenvalue weighted by molar-refractivity contribution is -0.141. The second-order valence-electron chi connectivity index (χ2n) is 3.79. The number of carbonyl (C=O) groups excluding carboxylic acids is 2. The predicted molar refractivity (Wildman–Crippen MR) is 59.8 cm³/mol. The fourth-order valence-electron chi connectivity index (χ4n) is 1.96. The van der Waals surface area contributed by atoms with Gasteiger partial charge in [0.05, 0.1) is 19.5 Å².